The summed E-state index contributed by atoms with van der Waals surface area (Å²) < 4.78 is 17.9. The van der Waals surface area contributed by atoms with Crippen LogP contribution in [0.5, 0.6) is 0 Å². The van der Waals surface area contributed by atoms with E-state index in [4.69, 9.17) is 4.74 Å². The second-order valence-corrected chi connectivity index (χ2v) is 4.07. The number of nitro benzene ring substituents is 1. The Morgan fingerprint density at radius 3 is 2.85 bits per heavy atom. The van der Waals surface area contributed by atoms with Gasteiger partial charge in [0.1, 0.15) is 17.5 Å². The molecule has 0 aliphatic carbocycles. The molecule has 0 saturated carbocycles. The van der Waals surface area contributed by atoms with Crippen molar-refractivity contribution in [2.24, 2.45) is 0 Å². The van der Waals surface area contributed by atoms with E-state index in [0.29, 0.717) is 13.2 Å². The minimum absolute atomic E-state index is 0.0376. The van der Waals surface area contributed by atoms with E-state index in [-0.39, 0.29) is 17.3 Å². The number of nitro groups is 1. The number of methoxy groups -OCH3 is 1. The number of benzene rings is 1. The Bertz CT molecular complexity index is 496. The first kappa shape index (κ1) is 15.8. The predicted octanol–water partition coefficient (Wildman–Crippen LogP) is 1.30. The highest BCUT2D eigenvalue weighted by atomic mass is 19.1. The predicted molar refractivity (Wildman–Crippen MR) is 71.0 cm³/mol. The number of halogens is 1. The van der Waals surface area contributed by atoms with E-state index in [1.807, 2.05) is 0 Å². The van der Waals surface area contributed by atoms with E-state index >= 15 is 0 Å². The molecule has 0 saturated heterocycles. The van der Waals surface area contributed by atoms with Crippen molar-refractivity contribution >= 4 is 17.3 Å². The summed E-state index contributed by atoms with van der Waals surface area (Å²) in [5, 5.41) is 16.0. The molecular weight excluding hydrogens is 269 g/mol. The van der Waals surface area contributed by atoms with Gasteiger partial charge in [0, 0.05) is 25.8 Å². The number of hydrogen-bond donors (Lipinski definition) is 2. The van der Waals surface area contributed by atoms with Crippen LogP contribution < -0.4 is 10.6 Å². The second-order valence-electron chi connectivity index (χ2n) is 4.07. The van der Waals surface area contributed by atoms with E-state index in [9.17, 15) is 19.3 Å². The van der Waals surface area contributed by atoms with Gasteiger partial charge in [-0.2, -0.15) is 0 Å². The van der Waals surface area contributed by atoms with Crippen LogP contribution >= 0.6 is 0 Å². The first-order valence-corrected chi connectivity index (χ1v) is 5.93. The third-order valence-corrected chi connectivity index (χ3v) is 2.53. The monoisotopic (exact) mass is 285 g/mol. The first-order chi connectivity index (χ1) is 9.45. The van der Waals surface area contributed by atoms with Crippen LogP contribution in [0.25, 0.3) is 0 Å². The molecule has 0 aliphatic heterocycles. The third-order valence-electron chi connectivity index (χ3n) is 2.53. The molecule has 1 rings (SSSR count). The van der Waals surface area contributed by atoms with Crippen molar-refractivity contribution in [2.45, 2.75) is 13.0 Å². The summed E-state index contributed by atoms with van der Waals surface area (Å²) in [7, 11) is 1.50. The summed E-state index contributed by atoms with van der Waals surface area (Å²) in [5.74, 6) is -0.981. The molecule has 0 heterocycles. The highest BCUT2D eigenvalue weighted by Gasteiger charge is 2.19. The van der Waals surface area contributed by atoms with Gasteiger partial charge in [-0.15, -0.1) is 0 Å². The largest absolute Gasteiger partial charge is 0.383 e. The summed E-state index contributed by atoms with van der Waals surface area (Å²) in [6.07, 6.45) is 0. The van der Waals surface area contributed by atoms with Gasteiger partial charge in [0.05, 0.1) is 11.5 Å². The van der Waals surface area contributed by atoms with E-state index in [2.05, 4.69) is 10.6 Å². The number of ether oxygens (including phenoxy) is 1. The van der Waals surface area contributed by atoms with Crippen LogP contribution in [-0.2, 0) is 9.53 Å². The molecular formula is C12H16FN3O4. The highest BCUT2D eigenvalue weighted by Crippen LogP contribution is 2.25. The maximum absolute atomic E-state index is 13.1. The SMILES string of the molecule is COCCNC(=O)C(C)Nc1cc(F)ccc1[N+](=O)[O-]. The van der Waals surface area contributed by atoms with Gasteiger partial charge in [-0.25, -0.2) is 4.39 Å². The average Bonchev–Trinajstić information content (AvgIpc) is 2.38. The molecule has 0 aromatic heterocycles. The number of amides is 1. The Labute approximate surface area is 115 Å². The van der Waals surface area contributed by atoms with Crippen molar-refractivity contribution in [3.8, 4) is 0 Å². The van der Waals surface area contributed by atoms with Crippen molar-refractivity contribution in [3.63, 3.8) is 0 Å². The molecule has 0 aliphatic rings. The van der Waals surface area contributed by atoms with Crippen LogP contribution in [0.1, 0.15) is 6.92 Å². The molecule has 20 heavy (non-hydrogen) atoms. The minimum atomic E-state index is -0.743. The lowest BCUT2D eigenvalue weighted by molar-refractivity contribution is -0.384. The van der Waals surface area contributed by atoms with Crippen LogP contribution in [0.4, 0.5) is 15.8 Å². The molecule has 0 bridgehead atoms. The topological polar surface area (TPSA) is 93.5 Å². The molecule has 0 radical (unpaired) electrons. The van der Waals surface area contributed by atoms with Crippen molar-refractivity contribution in [1.82, 2.24) is 5.32 Å². The van der Waals surface area contributed by atoms with E-state index < -0.39 is 16.8 Å². The van der Waals surface area contributed by atoms with Crippen molar-refractivity contribution in [2.75, 3.05) is 25.6 Å². The lowest BCUT2D eigenvalue weighted by atomic mass is 10.2. The van der Waals surface area contributed by atoms with Gasteiger partial charge in [0.15, 0.2) is 0 Å². The molecule has 110 valence electrons. The molecule has 1 unspecified atom stereocenters. The lowest BCUT2D eigenvalue weighted by Crippen LogP contribution is -2.39. The number of carbonyl (C=O) groups is 1. The Balaban J connectivity index is 2.74. The molecule has 2 N–H and O–H groups in total. The van der Waals surface area contributed by atoms with E-state index in [1.54, 1.807) is 0 Å². The van der Waals surface area contributed by atoms with Gasteiger partial charge in [-0.05, 0) is 13.0 Å². The van der Waals surface area contributed by atoms with Crippen molar-refractivity contribution in [1.29, 1.82) is 0 Å². The summed E-state index contributed by atoms with van der Waals surface area (Å²) >= 11 is 0. The molecule has 8 heteroatoms. The fourth-order valence-corrected chi connectivity index (χ4v) is 1.51. The molecule has 1 aromatic carbocycles. The zero-order valence-electron chi connectivity index (χ0n) is 11.2. The Morgan fingerprint density at radius 1 is 1.55 bits per heavy atom. The van der Waals surface area contributed by atoms with Gasteiger partial charge in [0.25, 0.3) is 5.69 Å². The summed E-state index contributed by atoms with van der Waals surface area (Å²) in [6, 6.07) is 2.28. The van der Waals surface area contributed by atoms with Crippen LogP contribution in [0, 0.1) is 15.9 Å². The maximum atomic E-state index is 13.1. The second kappa shape index (κ2) is 7.39. The van der Waals surface area contributed by atoms with Crippen LogP contribution in [0.15, 0.2) is 18.2 Å². The zero-order valence-corrected chi connectivity index (χ0v) is 11.2. The van der Waals surface area contributed by atoms with Crippen LogP contribution in [-0.4, -0.2) is 37.1 Å². The first-order valence-electron chi connectivity index (χ1n) is 5.93. The Kier molecular flexibility index (Phi) is 5.85. The number of hydrogen-bond acceptors (Lipinski definition) is 5. The van der Waals surface area contributed by atoms with Gasteiger partial charge in [-0.1, -0.05) is 0 Å². The van der Waals surface area contributed by atoms with Gasteiger partial charge in [0.2, 0.25) is 5.91 Å². The number of carbonyl (C=O) groups excluding carboxylic acids is 1. The fourth-order valence-electron chi connectivity index (χ4n) is 1.51. The standard InChI is InChI=1S/C12H16FN3O4/c1-8(12(17)14-5-6-20-2)15-10-7-9(13)3-4-11(10)16(18)19/h3-4,7-8,15H,5-6H2,1-2H3,(H,14,17). The molecule has 0 spiro atoms. The number of nitrogens with zero attached hydrogens (tertiary/aromatic N) is 1. The Hall–Kier alpha value is -2.22. The third kappa shape index (κ3) is 4.47. The molecule has 1 amide bonds. The van der Waals surface area contributed by atoms with Gasteiger partial charge in [-0.3, -0.25) is 14.9 Å². The summed E-state index contributed by atoms with van der Waals surface area (Å²) in [5.41, 5.74) is -0.327. The maximum Gasteiger partial charge on any atom is 0.292 e. The highest BCUT2D eigenvalue weighted by molar-refractivity contribution is 5.85. The van der Waals surface area contributed by atoms with Crippen LogP contribution in [0.2, 0.25) is 0 Å². The fraction of sp³-hybridized carbons (Fsp3) is 0.417. The average molecular weight is 285 g/mol. The van der Waals surface area contributed by atoms with Gasteiger partial charge < -0.3 is 15.4 Å². The summed E-state index contributed by atoms with van der Waals surface area (Å²) in [6.45, 7) is 2.21. The molecule has 0 fully saturated rings. The molecule has 1 aromatic rings. The zero-order chi connectivity index (χ0) is 15.1. The normalized spacial score (nSPS) is 11.8. The van der Waals surface area contributed by atoms with Crippen molar-refractivity contribution < 1.29 is 18.8 Å². The smallest absolute Gasteiger partial charge is 0.292 e. The van der Waals surface area contributed by atoms with Crippen LogP contribution in [0.3, 0.4) is 0 Å². The number of anilines is 1. The number of rotatable bonds is 7. The van der Waals surface area contributed by atoms with E-state index in [1.165, 1.54) is 14.0 Å². The summed E-state index contributed by atoms with van der Waals surface area (Å²) in [4.78, 5) is 21.9. The van der Waals surface area contributed by atoms with Crippen molar-refractivity contribution in [3.05, 3.63) is 34.1 Å². The van der Waals surface area contributed by atoms with E-state index in [0.717, 1.165) is 18.2 Å². The molecule has 7 nitrogen and oxygen atoms in total. The van der Waals surface area contributed by atoms with Gasteiger partial charge >= 0.3 is 0 Å². The lowest BCUT2D eigenvalue weighted by Gasteiger charge is -2.15. The Morgan fingerprint density at radius 2 is 2.25 bits per heavy atom. The quantitative estimate of drug-likeness (QED) is 0.447. The number of nitrogens with one attached hydrogen (secondary N) is 2. The molecule has 1 atom stereocenters. The minimum Gasteiger partial charge on any atom is -0.383 e.